The number of rotatable bonds is 6. The molecular formula is C14H15BrClNO3S. The van der Waals surface area contributed by atoms with Gasteiger partial charge in [0.25, 0.3) is 0 Å². The van der Waals surface area contributed by atoms with Crippen molar-refractivity contribution in [2.24, 2.45) is 0 Å². The van der Waals surface area contributed by atoms with Crippen molar-refractivity contribution in [3.8, 4) is 0 Å². The van der Waals surface area contributed by atoms with E-state index in [4.69, 9.17) is 16.0 Å². The smallest absolute Gasteiger partial charge is 0.240 e. The third kappa shape index (κ3) is 4.57. The van der Waals surface area contributed by atoms with Gasteiger partial charge < -0.3 is 4.42 Å². The number of aryl methyl sites for hydroxylation is 1. The quantitative estimate of drug-likeness (QED) is 0.808. The fraction of sp³-hybridized carbons (Fsp3) is 0.286. The summed E-state index contributed by atoms with van der Waals surface area (Å²) in [5.74, 6) is 0.843. The van der Waals surface area contributed by atoms with Crippen molar-refractivity contribution < 1.29 is 12.8 Å². The lowest BCUT2D eigenvalue weighted by Gasteiger charge is -2.14. The lowest BCUT2D eigenvalue weighted by atomic mass is 10.2. The topological polar surface area (TPSA) is 59.3 Å². The fourth-order valence-corrected chi connectivity index (χ4v) is 3.80. The lowest BCUT2D eigenvalue weighted by Crippen LogP contribution is -2.32. The Morgan fingerprint density at radius 2 is 2.14 bits per heavy atom. The number of furan rings is 1. The van der Waals surface area contributed by atoms with Crippen LogP contribution in [-0.2, 0) is 16.4 Å². The molecule has 0 saturated carbocycles. The summed E-state index contributed by atoms with van der Waals surface area (Å²) in [7, 11) is -3.56. The normalized spacial score (nSPS) is 13.3. The highest BCUT2D eigenvalue weighted by Gasteiger charge is 2.18. The summed E-state index contributed by atoms with van der Waals surface area (Å²) >= 11 is 9.10. The van der Waals surface area contributed by atoms with Crippen LogP contribution in [0, 0.1) is 0 Å². The summed E-state index contributed by atoms with van der Waals surface area (Å²) in [6.45, 7) is 1.82. The number of hydrogen-bond acceptors (Lipinski definition) is 3. The van der Waals surface area contributed by atoms with Crippen LogP contribution >= 0.6 is 27.5 Å². The van der Waals surface area contributed by atoms with E-state index in [1.165, 1.54) is 12.1 Å². The highest BCUT2D eigenvalue weighted by molar-refractivity contribution is 9.10. The second kappa shape index (κ2) is 6.96. The van der Waals surface area contributed by atoms with Gasteiger partial charge in [0, 0.05) is 16.9 Å². The zero-order valence-corrected chi connectivity index (χ0v) is 14.5. The molecule has 1 aromatic heterocycles. The molecule has 1 N–H and O–H groups in total. The Morgan fingerprint density at radius 1 is 1.38 bits per heavy atom. The third-order valence-electron chi connectivity index (χ3n) is 2.96. The van der Waals surface area contributed by atoms with Gasteiger partial charge in [-0.3, -0.25) is 0 Å². The molecule has 0 aliphatic rings. The average molecular weight is 393 g/mol. The molecule has 1 unspecified atom stereocenters. The van der Waals surface area contributed by atoms with Crippen LogP contribution in [0.1, 0.15) is 19.1 Å². The minimum atomic E-state index is -3.56. The first-order chi connectivity index (χ1) is 9.88. The molecule has 1 aromatic carbocycles. The van der Waals surface area contributed by atoms with E-state index in [-0.39, 0.29) is 10.9 Å². The van der Waals surface area contributed by atoms with Gasteiger partial charge in [-0.05, 0) is 59.6 Å². The van der Waals surface area contributed by atoms with Gasteiger partial charge in [-0.1, -0.05) is 11.6 Å². The minimum Gasteiger partial charge on any atom is -0.469 e. The molecule has 2 aromatic rings. The Kier molecular flexibility index (Phi) is 5.48. The maximum absolute atomic E-state index is 12.3. The molecule has 0 amide bonds. The van der Waals surface area contributed by atoms with Crippen molar-refractivity contribution in [3.05, 3.63) is 51.9 Å². The fourth-order valence-electron chi connectivity index (χ4n) is 1.85. The van der Waals surface area contributed by atoms with Crippen molar-refractivity contribution in [2.75, 3.05) is 0 Å². The van der Waals surface area contributed by atoms with Crippen molar-refractivity contribution in [2.45, 2.75) is 30.7 Å². The molecule has 0 radical (unpaired) electrons. The molecule has 114 valence electrons. The molecule has 1 heterocycles. The van der Waals surface area contributed by atoms with Gasteiger partial charge in [0.05, 0.1) is 16.2 Å². The van der Waals surface area contributed by atoms with Gasteiger partial charge in [0.1, 0.15) is 5.76 Å². The van der Waals surface area contributed by atoms with Crippen LogP contribution in [0.3, 0.4) is 0 Å². The largest absolute Gasteiger partial charge is 0.469 e. The molecular weight excluding hydrogens is 378 g/mol. The van der Waals surface area contributed by atoms with E-state index in [2.05, 4.69) is 20.7 Å². The summed E-state index contributed by atoms with van der Waals surface area (Å²) in [5, 5.41) is 0.472. The molecule has 2 rings (SSSR count). The van der Waals surface area contributed by atoms with E-state index in [1.807, 2.05) is 19.1 Å². The molecule has 7 heteroatoms. The molecule has 0 fully saturated rings. The number of sulfonamides is 1. The molecule has 0 saturated heterocycles. The maximum Gasteiger partial charge on any atom is 0.240 e. The minimum absolute atomic E-state index is 0.184. The predicted molar refractivity (Wildman–Crippen MR) is 86.0 cm³/mol. The van der Waals surface area contributed by atoms with Crippen LogP contribution in [0.15, 0.2) is 50.4 Å². The molecule has 0 bridgehead atoms. The number of benzene rings is 1. The van der Waals surface area contributed by atoms with Gasteiger partial charge in [-0.2, -0.15) is 0 Å². The Hall–Kier alpha value is -0.820. The lowest BCUT2D eigenvalue weighted by molar-refractivity contribution is 0.480. The Bertz CT molecular complexity index is 701. The predicted octanol–water partition coefficient (Wildman–Crippen LogP) is 4.00. The number of nitrogens with one attached hydrogen (secondary N) is 1. The Balaban J connectivity index is 2.01. The molecule has 21 heavy (non-hydrogen) atoms. The van der Waals surface area contributed by atoms with Crippen molar-refractivity contribution in [1.82, 2.24) is 4.72 Å². The van der Waals surface area contributed by atoms with Crippen molar-refractivity contribution >= 4 is 37.6 Å². The van der Waals surface area contributed by atoms with Crippen molar-refractivity contribution in [1.29, 1.82) is 0 Å². The Labute approximate surface area is 137 Å². The highest BCUT2D eigenvalue weighted by atomic mass is 79.9. The summed E-state index contributed by atoms with van der Waals surface area (Å²) in [4.78, 5) is 0.184. The van der Waals surface area contributed by atoms with Gasteiger partial charge >= 0.3 is 0 Å². The van der Waals surface area contributed by atoms with E-state index in [0.29, 0.717) is 22.3 Å². The summed E-state index contributed by atoms with van der Waals surface area (Å²) in [6.07, 6.45) is 2.94. The summed E-state index contributed by atoms with van der Waals surface area (Å²) in [6, 6.07) is 8.01. The van der Waals surface area contributed by atoms with Gasteiger partial charge in [0.2, 0.25) is 10.0 Å². The maximum atomic E-state index is 12.3. The standard InChI is InChI=1S/C14H15BrClNO3S/c1-10(4-5-11-3-2-8-20-11)17-21(18,19)12-6-7-14(16)13(15)9-12/h2-3,6-10,17H,4-5H2,1H3. The average Bonchev–Trinajstić information content (AvgIpc) is 2.92. The van der Waals surface area contributed by atoms with E-state index < -0.39 is 10.0 Å². The molecule has 0 aliphatic heterocycles. The zero-order valence-electron chi connectivity index (χ0n) is 11.3. The molecule has 1 atom stereocenters. The first kappa shape index (κ1) is 16.5. The van der Waals surface area contributed by atoms with Crippen LogP contribution in [0.4, 0.5) is 0 Å². The van der Waals surface area contributed by atoms with Crippen molar-refractivity contribution in [3.63, 3.8) is 0 Å². The third-order valence-corrected chi connectivity index (χ3v) is 5.76. The van der Waals surface area contributed by atoms with Crippen LogP contribution in [0.25, 0.3) is 0 Å². The van der Waals surface area contributed by atoms with Gasteiger partial charge in [-0.25, -0.2) is 13.1 Å². The van der Waals surface area contributed by atoms with Crippen LogP contribution < -0.4 is 4.72 Å². The SMILES string of the molecule is CC(CCc1ccco1)NS(=O)(=O)c1ccc(Cl)c(Br)c1. The first-order valence-corrected chi connectivity index (χ1v) is 9.03. The number of hydrogen-bond donors (Lipinski definition) is 1. The Morgan fingerprint density at radius 3 is 2.76 bits per heavy atom. The molecule has 4 nitrogen and oxygen atoms in total. The zero-order chi connectivity index (χ0) is 15.5. The molecule has 0 spiro atoms. The summed E-state index contributed by atoms with van der Waals surface area (Å²) in [5.41, 5.74) is 0. The monoisotopic (exact) mass is 391 g/mol. The van der Waals surface area contributed by atoms with E-state index in [9.17, 15) is 8.42 Å². The second-order valence-corrected chi connectivity index (χ2v) is 7.69. The van der Waals surface area contributed by atoms with Crippen LogP contribution in [-0.4, -0.2) is 14.5 Å². The highest BCUT2D eigenvalue weighted by Crippen LogP contribution is 2.25. The van der Waals surface area contributed by atoms with Gasteiger partial charge in [-0.15, -0.1) is 0 Å². The second-order valence-electron chi connectivity index (χ2n) is 4.72. The van der Waals surface area contributed by atoms with Crippen LogP contribution in [0.5, 0.6) is 0 Å². The molecule has 0 aliphatic carbocycles. The summed E-state index contributed by atoms with van der Waals surface area (Å²) < 4.78 is 33.0. The van der Waals surface area contributed by atoms with Crippen LogP contribution in [0.2, 0.25) is 5.02 Å². The first-order valence-electron chi connectivity index (χ1n) is 6.38. The van der Waals surface area contributed by atoms with Gasteiger partial charge in [0.15, 0.2) is 0 Å². The van der Waals surface area contributed by atoms with E-state index in [1.54, 1.807) is 12.3 Å². The number of halogens is 2. The van der Waals surface area contributed by atoms with E-state index >= 15 is 0 Å². The van der Waals surface area contributed by atoms with E-state index in [0.717, 1.165) is 5.76 Å².